The molecule has 1 N–H and O–H groups in total. The molecule has 0 spiro atoms. The molecule has 2 rings (SSSR count). The number of hydrogen-bond acceptors (Lipinski definition) is 5. The minimum atomic E-state index is -0.671. The first-order chi connectivity index (χ1) is 11.2. The van der Waals surface area contributed by atoms with Gasteiger partial charge in [-0.1, -0.05) is 6.07 Å². The third-order valence-corrected chi connectivity index (χ3v) is 4.83. The van der Waals surface area contributed by atoms with Gasteiger partial charge >= 0.3 is 0 Å². The monoisotopic (exact) mass is 329 g/mol. The summed E-state index contributed by atoms with van der Waals surface area (Å²) in [5, 5.41) is 20.9. The van der Waals surface area contributed by atoms with Gasteiger partial charge in [-0.2, -0.15) is 22.3 Å². The van der Waals surface area contributed by atoms with Gasteiger partial charge in [-0.3, -0.25) is 4.79 Å². The number of carbonyl (C=O) groups is 1. The minimum absolute atomic E-state index is 0.0690. The van der Waals surface area contributed by atoms with Gasteiger partial charge in [0, 0.05) is 12.2 Å². The number of benzene rings is 1. The molecule has 1 amide bonds. The number of hydrogen-bond donors (Lipinski definition) is 1. The number of unbranched alkanes of at least 4 members (excludes halogenated alkanes) is 1. The molecule has 1 saturated heterocycles. The molecule has 1 aliphatic rings. The standard InChI is InChI=1S/C17H19N3O2S/c18-11-14-4-3-5-15(10-14)22-8-2-1-6-16(21)20-17(12-19)7-9-23-13-17/h3-5,10H,1-2,6-9,13H2,(H,20,21)/t17-/m0/s1. The second-order valence-corrected chi connectivity index (χ2v) is 6.60. The highest BCUT2D eigenvalue weighted by atomic mass is 32.2. The maximum Gasteiger partial charge on any atom is 0.221 e. The lowest BCUT2D eigenvalue weighted by Gasteiger charge is -2.21. The molecular weight excluding hydrogens is 310 g/mol. The second-order valence-electron chi connectivity index (χ2n) is 5.49. The van der Waals surface area contributed by atoms with E-state index in [-0.39, 0.29) is 5.91 Å². The van der Waals surface area contributed by atoms with E-state index in [4.69, 9.17) is 10.00 Å². The van der Waals surface area contributed by atoms with Gasteiger partial charge in [-0.15, -0.1) is 0 Å². The predicted octanol–water partition coefficient (Wildman–Crippen LogP) is 2.62. The zero-order chi connectivity index (χ0) is 16.5. The molecule has 0 aliphatic carbocycles. The molecule has 23 heavy (non-hydrogen) atoms. The number of amides is 1. The van der Waals surface area contributed by atoms with Crippen LogP contribution in [-0.2, 0) is 4.79 Å². The Kier molecular flexibility index (Phi) is 6.31. The first-order valence-electron chi connectivity index (χ1n) is 7.60. The molecule has 0 saturated carbocycles. The zero-order valence-electron chi connectivity index (χ0n) is 12.9. The van der Waals surface area contributed by atoms with Crippen molar-refractivity contribution in [3.05, 3.63) is 29.8 Å². The summed E-state index contributed by atoms with van der Waals surface area (Å²) in [6, 6.07) is 11.3. The smallest absolute Gasteiger partial charge is 0.221 e. The lowest BCUT2D eigenvalue weighted by molar-refractivity contribution is -0.122. The van der Waals surface area contributed by atoms with E-state index in [0.29, 0.717) is 36.5 Å². The topological polar surface area (TPSA) is 85.9 Å². The van der Waals surface area contributed by atoms with Crippen LogP contribution in [0.4, 0.5) is 0 Å². The van der Waals surface area contributed by atoms with Gasteiger partial charge in [0.2, 0.25) is 5.91 Å². The van der Waals surface area contributed by atoms with Gasteiger partial charge in [-0.25, -0.2) is 0 Å². The van der Waals surface area contributed by atoms with Gasteiger partial charge < -0.3 is 10.1 Å². The Morgan fingerprint density at radius 1 is 1.39 bits per heavy atom. The molecule has 1 heterocycles. The summed E-state index contributed by atoms with van der Waals surface area (Å²) in [6.45, 7) is 0.501. The molecule has 0 radical (unpaired) electrons. The van der Waals surface area contributed by atoms with Crippen LogP contribution >= 0.6 is 11.8 Å². The van der Waals surface area contributed by atoms with E-state index in [0.717, 1.165) is 18.6 Å². The van der Waals surface area contributed by atoms with E-state index < -0.39 is 5.54 Å². The van der Waals surface area contributed by atoms with Crippen LogP contribution in [0, 0.1) is 22.7 Å². The Hall–Kier alpha value is -2.18. The summed E-state index contributed by atoms with van der Waals surface area (Å²) in [4.78, 5) is 11.9. The molecule has 1 atom stereocenters. The maximum absolute atomic E-state index is 11.9. The number of rotatable bonds is 7. The summed E-state index contributed by atoms with van der Waals surface area (Å²) in [7, 11) is 0. The van der Waals surface area contributed by atoms with Gasteiger partial charge in [0.25, 0.3) is 0 Å². The maximum atomic E-state index is 11.9. The van der Waals surface area contributed by atoms with Crippen molar-refractivity contribution in [3.8, 4) is 17.9 Å². The van der Waals surface area contributed by atoms with Crippen LogP contribution in [0.25, 0.3) is 0 Å². The largest absolute Gasteiger partial charge is 0.494 e. The quantitative estimate of drug-likeness (QED) is 0.777. The van der Waals surface area contributed by atoms with Crippen molar-refractivity contribution in [2.45, 2.75) is 31.2 Å². The van der Waals surface area contributed by atoms with Crippen LogP contribution in [0.2, 0.25) is 0 Å². The Morgan fingerprint density at radius 2 is 2.26 bits per heavy atom. The number of nitriles is 2. The summed E-state index contributed by atoms with van der Waals surface area (Å²) in [6.07, 6.45) is 2.57. The molecule has 120 valence electrons. The van der Waals surface area contributed by atoms with Crippen molar-refractivity contribution in [3.63, 3.8) is 0 Å². The average molecular weight is 329 g/mol. The van der Waals surface area contributed by atoms with E-state index in [2.05, 4.69) is 17.5 Å². The lowest BCUT2D eigenvalue weighted by atomic mass is 10.0. The van der Waals surface area contributed by atoms with Crippen LogP contribution in [0.5, 0.6) is 5.75 Å². The van der Waals surface area contributed by atoms with Crippen LogP contribution in [-0.4, -0.2) is 29.6 Å². The highest BCUT2D eigenvalue weighted by Crippen LogP contribution is 2.27. The molecular formula is C17H19N3O2S. The normalized spacial score (nSPS) is 19.6. The molecule has 1 aliphatic heterocycles. The van der Waals surface area contributed by atoms with Gasteiger partial charge in [0.15, 0.2) is 0 Å². The van der Waals surface area contributed by atoms with Crippen molar-refractivity contribution in [2.24, 2.45) is 0 Å². The molecule has 1 fully saturated rings. The third-order valence-electron chi connectivity index (χ3n) is 3.64. The van der Waals surface area contributed by atoms with Gasteiger partial charge in [0.05, 0.1) is 24.3 Å². The highest BCUT2D eigenvalue weighted by Gasteiger charge is 2.35. The van der Waals surface area contributed by atoms with Crippen LogP contribution in [0.1, 0.15) is 31.2 Å². The molecule has 1 aromatic carbocycles. The Morgan fingerprint density at radius 3 is 2.96 bits per heavy atom. The Balaban J connectivity index is 1.64. The molecule has 1 aromatic rings. The lowest BCUT2D eigenvalue weighted by Crippen LogP contribution is -2.47. The molecule has 6 heteroatoms. The fourth-order valence-electron chi connectivity index (χ4n) is 2.34. The third kappa shape index (κ3) is 5.19. The van der Waals surface area contributed by atoms with Crippen LogP contribution < -0.4 is 10.1 Å². The summed E-state index contributed by atoms with van der Waals surface area (Å²) >= 11 is 1.70. The van der Waals surface area contributed by atoms with Crippen molar-refractivity contribution in [1.82, 2.24) is 5.32 Å². The first kappa shape index (κ1) is 17.2. The molecule has 0 aromatic heterocycles. The number of carbonyl (C=O) groups excluding carboxylic acids is 1. The Labute approximate surface area is 140 Å². The number of thioether (sulfide) groups is 1. The first-order valence-corrected chi connectivity index (χ1v) is 8.76. The van der Waals surface area contributed by atoms with Crippen molar-refractivity contribution in [1.29, 1.82) is 10.5 Å². The van der Waals surface area contributed by atoms with E-state index in [9.17, 15) is 10.1 Å². The summed E-state index contributed by atoms with van der Waals surface area (Å²) in [5.74, 6) is 2.19. The van der Waals surface area contributed by atoms with Crippen LogP contribution in [0.3, 0.4) is 0 Å². The van der Waals surface area contributed by atoms with E-state index in [1.165, 1.54) is 0 Å². The van der Waals surface area contributed by atoms with Crippen molar-refractivity contribution in [2.75, 3.05) is 18.1 Å². The minimum Gasteiger partial charge on any atom is -0.494 e. The number of nitrogens with zero attached hydrogens (tertiary/aromatic N) is 2. The summed E-state index contributed by atoms with van der Waals surface area (Å²) in [5.41, 5.74) is -0.103. The number of ether oxygens (including phenoxy) is 1. The summed E-state index contributed by atoms with van der Waals surface area (Å²) < 4.78 is 5.57. The predicted molar refractivity (Wildman–Crippen MR) is 88.9 cm³/mol. The fourth-order valence-corrected chi connectivity index (χ4v) is 3.61. The van der Waals surface area contributed by atoms with E-state index in [1.807, 2.05) is 6.07 Å². The fraction of sp³-hybridized carbons (Fsp3) is 0.471. The van der Waals surface area contributed by atoms with Crippen molar-refractivity contribution >= 4 is 17.7 Å². The van der Waals surface area contributed by atoms with Crippen molar-refractivity contribution < 1.29 is 9.53 Å². The van der Waals surface area contributed by atoms with Gasteiger partial charge in [-0.05, 0) is 43.2 Å². The molecule has 5 nitrogen and oxygen atoms in total. The average Bonchev–Trinajstić information content (AvgIpc) is 3.03. The van der Waals surface area contributed by atoms with E-state index >= 15 is 0 Å². The Bertz CT molecular complexity index is 627. The number of nitrogens with one attached hydrogen (secondary N) is 1. The van der Waals surface area contributed by atoms with Gasteiger partial charge in [0.1, 0.15) is 11.3 Å². The molecule has 0 bridgehead atoms. The SMILES string of the molecule is N#Cc1cccc(OCCCCC(=O)N[C@]2(C#N)CCSC2)c1. The van der Waals surface area contributed by atoms with Crippen LogP contribution in [0.15, 0.2) is 24.3 Å². The highest BCUT2D eigenvalue weighted by molar-refractivity contribution is 7.99. The molecule has 0 unspecified atom stereocenters. The van der Waals surface area contributed by atoms with E-state index in [1.54, 1.807) is 30.0 Å². The zero-order valence-corrected chi connectivity index (χ0v) is 13.7. The second kappa shape index (κ2) is 8.45.